The third kappa shape index (κ3) is 5.12. The highest BCUT2D eigenvalue weighted by Gasteiger charge is 2.27. The number of amides is 1. The summed E-state index contributed by atoms with van der Waals surface area (Å²) in [4.78, 5) is 18.5. The van der Waals surface area contributed by atoms with E-state index in [-0.39, 0.29) is 12.1 Å². The Balaban J connectivity index is 1.95. The minimum atomic E-state index is -0.462. The van der Waals surface area contributed by atoms with Crippen molar-refractivity contribution in [1.29, 1.82) is 0 Å². The second-order valence-corrected chi connectivity index (χ2v) is 7.45. The van der Waals surface area contributed by atoms with Crippen LogP contribution in [-0.2, 0) is 4.74 Å². The topological polar surface area (TPSA) is 54.5 Å². The van der Waals surface area contributed by atoms with E-state index in [1.165, 1.54) is 11.3 Å². The maximum absolute atomic E-state index is 12.0. The smallest absolute Gasteiger partial charge is 0.407 e. The SMILES string of the molecule is Cc1cnccc1N1CCC[C@H]([C@@H](C)NC(=O)OC(C)(C)C)C1. The fourth-order valence-corrected chi connectivity index (χ4v) is 3.07. The molecule has 1 saturated heterocycles. The molecule has 0 bridgehead atoms. The van der Waals surface area contributed by atoms with Crippen molar-refractivity contribution >= 4 is 11.8 Å². The summed E-state index contributed by atoms with van der Waals surface area (Å²) in [6.07, 6.45) is 5.67. The van der Waals surface area contributed by atoms with Gasteiger partial charge < -0.3 is 15.0 Å². The molecule has 23 heavy (non-hydrogen) atoms. The van der Waals surface area contributed by atoms with Crippen LogP contribution in [0.1, 0.15) is 46.1 Å². The van der Waals surface area contributed by atoms with Gasteiger partial charge in [0.25, 0.3) is 0 Å². The van der Waals surface area contributed by atoms with Crippen LogP contribution in [0.15, 0.2) is 18.5 Å². The van der Waals surface area contributed by atoms with Gasteiger partial charge in [-0.2, -0.15) is 0 Å². The molecule has 5 heteroatoms. The second kappa shape index (κ2) is 7.20. The molecule has 2 atom stereocenters. The molecule has 1 aromatic rings. The number of nitrogens with zero attached hydrogens (tertiary/aromatic N) is 2. The Labute approximate surface area is 139 Å². The maximum atomic E-state index is 12.0. The fraction of sp³-hybridized carbons (Fsp3) is 0.667. The van der Waals surface area contributed by atoms with Gasteiger partial charge >= 0.3 is 6.09 Å². The van der Waals surface area contributed by atoms with Crippen molar-refractivity contribution < 1.29 is 9.53 Å². The normalized spacial score (nSPS) is 20.0. The molecule has 2 heterocycles. The number of piperidine rings is 1. The molecule has 1 amide bonds. The summed E-state index contributed by atoms with van der Waals surface area (Å²) in [7, 11) is 0. The summed E-state index contributed by atoms with van der Waals surface area (Å²) < 4.78 is 5.36. The van der Waals surface area contributed by atoms with E-state index >= 15 is 0 Å². The summed E-state index contributed by atoms with van der Waals surface area (Å²) in [5, 5.41) is 2.99. The van der Waals surface area contributed by atoms with Gasteiger partial charge in [0.05, 0.1) is 0 Å². The zero-order valence-corrected chi connectivity index (χ0v) is 14.9. The van der Waals surface area contributed by atoms with Gasteiger partial charge in [-0.1, -0.05) is 0 Å². The number of aromatic nitrogens is 1. The highest BCUT2D eigenvalue weighted by Crippen LogP contribution is 2.27. The lowest BCUT2D eigenvalue weighted by Gasteiger charge is -2.38. The van der Waals surface area contributed by atoms with Crippen molar-refractivity contribution in [3.05, 3.63) is 24.0 Å². The Bertz CT molecular complexity index is 539. The molecular weight excluding hydrogens is 290 g/mol. The molecule has 0 aromatic carbocycles. The number of carbonyl (C=O) groups excluding carboxylic acids is 1. The van der Waals surface area contributed by atoms with Crippen molar-refractivity contribution in [2.45, 2.75) is 59.1 Å². The van der Waals surface area contributed by atoms with E-state index in [4.69, 9.17) is 4.74 Å². The van der Waals surface area contributed by atoms with E-state index in [2.05, 4.69) is 35.1 Å². The average Bonchev–Trinajstić information content (AvgIpc) is 2.45. The number of hydrogen-bond acceptors (Lipinski definition) is 4. The van der Waals surface area contributed by atoms with Crippen LogP contribution in [0, 0.1) is 12.8 Å². The third-order valence-electron chi connectivity index (χ3n) is 4.24. The van der Waals surface area contributed by atoms with Gasteiger partial charge in [-0.05, 0) is 65.0 Å². The Hall–Kier alpha value is -1.78. The maximum Gasteiger partial charge on any atom is 0.407 e. The highest BCUT2D eigenvalue weighted by molar-refractivity contribution is 5.68. The van der Waals surface area contributed by atoms with Crippen LogP contribution in [0.25, 0.3) is 0 Å². The minimum absolute atomic E-state index is 0.0924. The first-order chi connectivity index (χ1) is 10.8. The second-order valence-electron chi connectivity index (χ2n) is 7.45. The molecule has 1 aromatic heterocycles. The number of alkyl carbamates (subject to hydrolysis) is 1. The van der Waals surface area contributed by atoms with Crippen molar-refractivity contribution in [1.82, 2.24) is 10.3 Å². The van der Waals surface area contributed by atoms with Gasteiger partial charge in [-0.15, -0.1) is 0 Å². The van der Waals surface area contributed by atoms with Gasteiger partial charge in [0.1, 0.15) is 5.60 Å². The molecule has 5 nitrogen and oxygen atoms in total. The number of carbonyl (C=O) groups is 1. The minimum Gasteiger partial charge on any atom is -0.444 e. The van der Waals surface area contributed by atoms with Crippen LogP contribution in [-0.4, -0.2) is 35.8 Å². The quantitative estimate of drug-likeness (QED) is 0.926. The van der Waals surface area contributed by atoms with Crippen LogP contribution < -0.4 is 10.2 Å². The van der Waals surface area contributed by atoms with Crippen molar-refractivity contribution in [2.75, 3.05) is 18.0 Å². The number of ether oxygens (including phenoxy) is 1. The summed E-state index contributed by atoms with van der Waals surface area (Å²) >= 11 is 0. The van der Waals surface area contributed by atoms with E-state index in [0.29, 0.717) is 5.92 Å². The van der Waals surface area contributed by atoms with E-state index in [0.717, 1.165) is 25.9 Å². The highest BCUT2D eigenvalue weighted by atomic mass is 16.6. The standard InChI is InChI=1S/C18H29N3O2/c1-13-11-19-9-8-16(13)21-10-6-7-15(12-21)14(2)20-17(22)23-18(3,4)5/h8-9,11,14-15H,6-7,10,12H2,1-5H3,(H,20,22)/t14-,15+/m1/s1. The lowest BCUT2D eigenvalue weighted by atomic mass is 9.91. The predicted molar refractivity (Wildman–Crippen MR) is 92.7 cm³/mol. The molecule has 2 rings (SSSR count). The largest absolute Gasteiger partial charge is 0.444 e. The van der Waals surface area contributed by atoms with Gasteiger partial charge in [0, 0.05) is 37.2 Å². The van der Waals surface area contributed by atoms with Crippen molar-refractivity contribution in [2.24, 2.45) is 5.92 Å². The molecule has 0 aliphatic carbocycles. The molecule has 0 unspecified atom stereocenters. The van der Waals surface area contributed by atoms with E-state index < -0.39 is 5.60 Å². The lowest BCUT2D eigenvalue weighted by molar-refractivity contribution is 0.0489. The first-order valence-electron chi connectivity index (χ1n) is 8.41. The monoisotopic (exact) mass is 319 g/mol. The Morgan fingerprint density at radius 2 is 2.22 bits per heavy atom. The zero-order chi connectivity index (χ0) is 17.0. The van der Waals surface area contributed by atoms with Crippen molar-refractivity contribution in [3.8, 4) is 0 Å². The van der Waals surface area contributed by atoms with Crippen LogP contribution in [0.2, 0.25) is 0 Å². The fourth-order valence-electron chi connectivity index (χ4n) is 3.07. The third-order valence-corrected chi connectivity index (χ3v) is 4.24. The number of aryl methyl sites for hydroxylation is 1. The number of anilines is 1. The number of pyridine rings is 1. The average molecular weight is 319 g/mol. The van der Waals surface area contributed by atoms with Gasteiger partial charge in [-0.3, -0.25) is 4.98 Å². The summed E-state index contributed by atoms with van der Waals surface area (Å²) in [5.74, 6) is 0.420. The molecule has 1 aliphatic heterocycles. The van der Waals surface area contributed by atoms with Crippen molar-refractivity contribution in [3.63, 3.8) is 0 Å². The molecule has 1 fully saturated rings. The lowest BCUT2D eigenvalue weighted by Crippen LogP contribution is -2.47. The molecule has 128 valence electrons. The Kier molecular flexibility index (Phi) is 5.50. The van der Waals surface area contributed by atoms with Crippen LogP contribution in [0.5, 0.6) is 0 Å². The van der Waals surface area contributed by atoms with E-state index in [9.17, 15) is 4.79 Å². The Morgan fingerprint density at radius 3 is 2.87 bits per heavy atom. The predicted octanol–water partition coefficient (Wildman–Crippen LogP) is 3.52. The first kappa shape index (κ1) is 17.6. The molecular formula is C18H29N3O2. The van der Waals surface area contributed by atoms with Crippen LogP contribution >= 0.6 is 0 Å². The zero-order valence-electron chi connectivity index (χ0n) is 14.9. The molecule has 0 saturated carbocycles. The van der Waals surface area contributed by atoms with Gasteiger partial charge in [0.2, 0.25) is 0 Å². The molecule has 0 spiro atoms. The number of nitrogens with one attached hydrogen (secondary N) is 1. The molecule has 1 aliphatic rings. The van der Waals surface area contributed by atoms with E-state index in [1.54, 1.807) is 0 Å². The van der Waals surface area contributed by atoms with E-state index in [1.807, 2.05) is 33.2 Å². The first-order valence-corrected chi connectivity index (χ1v) is 8.41. The number of hydrogen-bond donors (Lipinski definition) is 1. The van der Waals surface area contributed by atoms with Gasteiger partial charge in [-0.25, -0.2) is 4.79 Å². The van der Waals surface area contributed by atoms with Crippen LogP contribution in [0.4, 0.5) is 10.5 Å². The molecule has 0 radical (unpaired) electrons. The Morgan fingerprint density at radius 1 is 1.48 bits per heavy atom. The van der Waals surface area contributed by atoms with Gasteiger partial charge in [0.15, 0.2) is 0 Å². The molecule has 1 N–H and O–H groups in total. The van der Waals surface area contributed by atoms with Crippen LogP contribution in [0.3, 0.4) is 0 Å². The number of rotatable bonds is 3. The summed E-state index contributed by atoms with van der Waals surface area (Å²) in [6, 6.07) is 2.17. The summed E-state index contributed by atoms with van der Waals surface area (Å²) in [6.45, 7) is 11.8. The summed E-state index contributed by atoms with van der Waals surface area (Å²) in [5.41, 5.74) is 1.98.